The molecular weight excluding hydrogens is 254 g/mol. The number of aryl methyl sites for hydroxylation is 1. The molecule has 0 atom stereocenters. The van der Waals surface area contributed by atoms with Crippen molar-refractivity contribution in [1.29, 1.82) is 0 Å². The first-order valence-corrected chi connectivity index (χ1v) is 6.71. The van der Waals surface area contributed by atoms with Crippen molar-refractivity contribution in [3.05, 3.63) is 48.8 Å². The van der Waals surface area contributed by atoms with E-state index in [9.17, 15) is 4.79 Å². The summed E-state index contributed by atoms with van der Waals surface area (Å²) in [7, 11) is 0. The molecule has 0 bridgehead atoms. The Bertz CT molecular complexity index is 498. The average Bonchev–Trinajstić information content (AvgIpc) is 2.99. The molecule has 0 saturated heterocycles. The van der Waals surface area contributed by atoms with Crippen molar-refractivity contribution in [2.45, 2.75) is 25.9 Å². The quantitative estimate of drug-likeness (QED) is 0.752. The van der Waals surface area contributed by atoms with Gasteiger partial charge < -0.3 is 15.2 Å². The number of carbonyl (C=O) groups excluding carboxylic acids is 1. The van der Waals surface area contributed by atoms with Crippen LogP contribution in [0.4, 0.5) is 4.79 Å². The number of aromatic nitrogens is 3. The highest BCUT2D eigenvalue weighted by molar-refractivity contribution is 5.73. The van der Waals surface area contributed by atoms with Crippen molar-refractivity contribution < 1.29 is 4.79 Å². The number of hydrogen-bond acceptors (Lipinski definition) is 3. The number of pyridine rings is 1. The minimum absolute atomic E-state index is 0.142. The maximum Gasteiger partial charge on any atom is 0.315 e. The Balaban J connectivity index is 1.52. The van der Waals surface area contributed by atoms with Crippen molar-refractivity contribution >= 4 is 6.03 Å². The molecule has 2 amide bonds. The van der Waals surface area contributed by atoms with Gasteiger partial charge in [-0.2, -0.15) is 0 Å². The number of amides is 2. The first kappa shape index (κ1) is 14.0. The molecule has 2 rings (SSSR count). The third kappa shape index (κ3) is 5.09. The van der Waals surface area contributed by atoms with Gasteiger partial charge in [-0.15, -0.1) is 0 Å². The summed E-state index contributed by atoms with van der Waals surface area (Å²) >= 11 is 0. The minimum Gasteiger partial charge on any atom is -0.338 e. The fourth-order valence-electron chi connectivity index (χ4n) is 1.79. The van der Waals surface area contributed by atoms with E-state index in [-0.39, 0.29) is 6.03 Å². The van der Waals surface area contributed by atoms with Crippen LogP contribution in [-0.2, 0) is 13.1 Å². The topological polar surface area (TPSA) is 71.8 Å². The standard InChI is InChI=1S/C14H19N5O/c20-14(18-11-13-4-3-5-15-10-13)17-6-1-2-8-19-9-7-16-12-19/h3-5,7,9-10,12H,1-2,6,8,11H2,(H2,17,18,20). The number of nitrogens with zero attached hydrogens (tertiary/aromatic N) is 3. The SMILES string of the molecule is O=C(NCCCCn1ccnc1)NCc1cccnc1. The Morgan fingerprint density at radius 2 is 2.15 bits per heavy atom. The van der Waals surface area contributed by atoms with E-state index in [4.69, 9.17) is 0 Å². The van der Waals surface area contributed by atoms with Crippen molar-refractivity contribution in [2.75, 3.05) is 6.54 Å². The van der Waals surface area contributed by atoms with Crippen LogP contribution in [0.25, 0.3) is 0 Å². The molecule has 0 unspecified atom stereocenters. The summed E-state index contributed by atoms with van der Waals surface area (Å²) < 4.78 is 2.03. The number of unbranched alkanes of at least 4 members (excludes halogenated alkanes) is 1. The van der Waals surface area contributed by atoms with Crippen LogP contribution in [0.2, 0.25) is 0 Å². The summed E-state index contributed by atoms with van der Waals surface area (Å²) in [6, 6.07) is 3.64. The number of nitrogens with one attached hydrogen (secondary N) is 2. The van der Waals surface area contributed by atoms with Crippen molar-refractivity contribution in [3.8, 4) is 0 Å². The highest BCUT2D eigenvalue weighted by Crippen LogP contribution is 1.95. The first-order valence-electron chi connectivity index (χ1n) is 6.71. The lowest BCUT2D eigenvalue weighted by Gasteiger charge is -2.07. The molecule has 0 fully saturated rings. The molecule has 0 aliphatic rings. The normalized spacial score (nSPS) is 10.2. The van der Waals surface area contributed by atoms with Crippen LogP contribution in [0.15, 0.2) is 43.2 Å². The average molecular weight is 273 g/mol. The second-order valence-electron chi connectivity index (χ2n) is 4.48. The predicted octanol–water partition coefficient (Wildman–Crippen LogP) is 1.56. The van der Waals surface area contributed by atoms with E-state index in [0.717, 1.165) is 24.9 Å². The molecule has 0 aliphatic carbocycles. The van der Waals surface area contributed by atoms with Crippen molar-refractivity contribution in [3.63, 3.8) is 0 Å². The van der Waals surface area contributed by atoms with Crippen molar-refractivity contribution in [2.24, 2.45) is 0 Å². The summed E-state index contributed by atoms with van der Waals surface area (Å²) in [5.74, 6) is 0. The third-order valence-electron chi connectivity index (χ3n) is 2.86. The summed E-state index contributed by atoms with van der Waals surface area (Å²) in [5.41, 5.74) is 0.989. The van der Waals surface area contributed by atoms with Gasteiger partial charge in [-0.1, -0.05) is 6.07 Å². The van der Waals surface area contributed by atoms with Gasteiger partial charge in [-0.3, -0.25) is 4.98 Å². The Morgan fingerprint density at radius 3 is 2.90 bits per heavy atom. The molecule has 6 nitrogen and oxygen atoms in total. The largest absolute Gasteiger partial charge is 0.338 e. The Hall–Kier alpha value is -2.37. The van der Waals surface area contributed by atoms with Gasteiger partial charge in [0.15, 0.2) is 0 Å². The van der Waals surface area contributed by atoms with Crippen LogP contribution < -0.4 is 10.6 Å². The molecule has 2 aromatic rings. The fraction of sp³-hybridized carbons (Fsp3) is 0.357. The van der Waals surface area contributed by atoms with Gasteiger partial charge in [-0.25, -0.2) is 9.78 Å². The lowest BCUT2D eigenvalue weighted by atomic mass is 10.3. The van der Waals surface area contributed by atoms with E-state index in [1.165, 1.54) is 0 Å². The van der Waals surface area contributed by atoms with E-state index >= 15 is 0 Å². The van der Waals surface area contributed by atoms with Gasteiger partial charge >= 0.3 is 6.03 Å². The minimum atomic E-state index is -0.142. The number of urea groups is 1. The van der Waals surface area contributed by atoms with Crippen LogP contribution >= 0.6 is 0 Å². The van der Waals surface area contributed by atoms with E-state index in [0.29, 0.717) is 13.1 Å². The molecule has 0 spiro atoms. The Kier molecular flexibility index (Phi) is 5.57. The number of imidazole rings is 1. The zero-order valence-corrected chi connectivity index (χ0v) is 11.3. The van der Waals surface area contributed by atoms with Gasteiger partial charge in [0.2, 0.25) is 0 Å². The zero-order chi connectivity index (χ0) is 14.0. The van der Waals surface area contributed by atoms with Crippen LogP contribution in [0.5, 0.6) is 0 Å². The van der Waals surface area contributed by atoms with Gasteiger partial charge in [0.1, 0.15) is 0 Å². The third-order valence-corrected chi connectivity index (χ3v) is 2.86. The molecule has 0 radical (unpaired) electrons. The van der Waals surface area contributed by atoms with Crippen LogP contribution in [-0.4, -0.2) is 27.1 Å². The second kappa shape index (κ2) is 7.93. The lowest BCUT2D eigenvalue weighted by molar-refractivity contribution is 0.240. The Morgan fingerprint density at radius 1 is 1.20 bits per heavy atom. The fourth-order valence-corrected chi connectivity index (χ4v) is 1.79. The molecule has 0 saturated carbocycles. The molecular formula is C14H19N5O. The smallest absolute Gasteiger partial charge is 0.315 e. The number of rotatable bonds is 7. The maximum atomic E-state index is 11.6. The number of carbonyl (C=O) groups is 1. The molecule has 106 valence electrons. The molecule has 0 aliphatic heterocycles. The number of hydrogen-bond donors (Lipinski definition) is 2. The molecule has 2 aromatic heterocycles. The summed E-state index contributed by atoms with van der Waals surface area (Å²) in [6.45, 7) is 2.10. The highest BCUT2D eigenvalue weighted by atomic mass is 16.2. The monoisotopic (exact) mass is 273 g/mol. The Labute approximate surface area is 118 Å². The molecule has 2 heterocycles. The summed E-state index contributed by atoms with van der Waals surface area (Å²) in [5, 5.41) is 5.64. The molecule has 20 heavy (non-hydrogen) atoms. The van der Waals surface area contributed by atoms with Crippen molar-refractivity contribution in [1.82, 2.24) is 25.2 Å². The van der Waals surface area contributed by atoms with E-state index in [2.05, 4.69) is 20.6 Å². The van der Waals surface area contributed by atoms with Gasteiger partial charge in [-0.05, 0) is 24.5 Å². The summed E-state index contributed by atoms with van der Waals surface area (Å²) in [6.07, 6.45) is 10.9. The van der Waals surface area contributed by atoms with E-state index < -0.39 is 0 Å². The molecule has 0 aromatic carbocycles. The van der Waals surface area contributed by atoms with Gasteiger partial charge in [0.25, 0.3) is 0 Å². The molecule has 2 N–H and O–H groups in total. The summed E-state index contributed by atoms with van der Waals surface area (Å²) in [4.78, 5) is 19.5. The van der Waals surface area contributed by atoms with E-state index in [1.54, 1.807) is 24.9 Å². The lowest BCUT2D eigenvalue weighted by Crippen LogP contribution is -2.35. The van der Waals surface area contributed by atoms with Crippen LogP contribution in [0, 0.1) is 0 Å². The maximum absolute atomic E-state index is 11.6. The van der Waals surface area contributed by atoms with Gasteiger partial charge in [0, 0.05) is 44.4 Å². The van der Waals surface area contributed by atoms with Crippen LogP contribution in [0.1, 0.15) is 18.4 Å². The predicted molar refractivity (Wildman–Crippen MR) is 75.9 cm³/mol. The second-order valence-corrected chi connectivity index (χ2v) is 4.48. The first-order chi connectivity index (χ1) is 9.84. The van der Waals surface area contributed by atoms with Crippen LogP contribution in [0.3, 0.4) is 0 Å². The van der Waals surface area contributed by atoms with E-state index in [1.807, 2.05) is 22.9 Å². The molecule has 6 heteroatoms. The van der Waals surface area contributed by atoms with Gasteiger partial charge in [0.05, 0.1) is 6.33 Å². The zero-order valence-electron chi connectivity index (χ0n) is 11.3. The highest BCUT2D eigenvalue weighted by Gasteiger charge is 1.99.